The third-order valence-electron chi connectivity index (χ3n) is 5.11. The molecule has 0 spiro atoms. The molecule has 0 saturated carbocycles. The van der Waals surface area contributed by atoms with Crippen LogP contribution in [-0.2, 0) is 13.1 Å². The molecule has 5 nitrogen and oxygen atoms in total. The second-order valence-corrected chi connectivity index (χ2v) is 7.59. The molecule has 2 aromatic carbocycles. The number of benzene rings is 2. The van der Waals surface area contributed by atoms with E-state index in [4.69, 9.17) is 21.8 Å². The van der Waals surface area contributed by atoms with Gasteiger partial charge in [-0.15, -0.1) is 0 Å². The lowest BCUT2D eigenvalue weighted by Crippen LogP contribution is -2.27. The van der Waals surface area contributed by atoms with Crippen molar-refractivity contribution < 1.29 is 4.39 Å². The minimum atomic E-state index is -0.350. The molecule has 0 unspecified atom stereocenters. The van der Waals surface area contributed by atoms with Crippen LogP contribution in [0.15, 0.2) is 48.5 Å². The van der Waals surface area contributed by atoms with Crippen LogP contribution in [0.2, 0.25) is 5.02 Å². The van der Waals surface area contributed by atoms with Crippen LogP contribution in [0.1, 0.15) is 31.5 Å². The Morgan fingerprint density at radius 1 is 1.07 bits per heavy atom. The zero-order chi connectivity index (χ0) is 21.3. The number of hydrogen-bond donors (Lipinski definition) is 1. The van der Waals surface area contributed by atoms with Gasteiger partial charge < -0.3 is 10.2 Å². The van der Waals surface area contributed by atoms with E-state index in [1.807, 2.05) is 30.3 Å². The van der Waals surface area contributed by atoms with Gasteiger partial charge in [0.25, 0.3) is 0 Å². The normalized spacial score (nSPS) is 11.4. The second-order valence-electron chi connectivity index (χ2n) is 7.18. The Labute approximate surface area is 182 Å². The summed E-state index contributed by atoms with van der Waals surface area (Å²) >= 11 is 6.19. The summed E-state index contributed by atoms with van der Waals surface area (Å²) in [6.07, 6.45) is 1.08. The molecule has 0 fully saturated rings. The highest BCUT2D eigenvalue weighted by Gasteiger charge is 2.14. The van der Waals surface area contributed by atoms with Gasteiger partial charge in [0.15, 0.2) is 0 Å². The molecule has 160 valence electrons. The molecule has 0 aliphatic carbocycles. The maximum Gasteiger partial charge on any atom is 0.124 e. The maximum absolute atomic E-state index is 13.3. The third-order valence-corrected chi connectivity index (χ3v) is 5.47. The van der Waals surface area contributed by atoms with Crippen molar-refractivity contribution in [2.24, 2.45) is 0 Å². The fourth-order valence-corrected chi connectivity index (χ4v) is 3.60. The lowest BCUT2D eigenvalue weighted by molar-refractivity contribution is 0.298. The van der Waals surface area contributed by atoms with Gasteiger partial charge in [-0.2, -0.15) is 15.0 Å². The lowest BCUT2D eigenvalue weighted by Gasteiger charge is -2.17. The average molecular weight is 430 g/mol. The van der Waals surface area contributed by atoms with Gasteiger partial charge in [-0.1, -0.05) is 61.8 Å². The minimum absolute atomic E-state index is 0.350. The monoisotopic (exact) mass is 429 g/mol. The molecule has 1 N–H and O–H groups in total. The number of nitrogens with one attached hydrogen (secondary N) is 1. The Kier molecular flexibility index (Phi) is 8.37. The molecule has 0 radical (unpaired) electrons. The molecule has 7 heteroatoms. The summed E-state index contributed by atoms with van der Waals surface area (Å²) in [5.74, 6) is -0.350. The van der Waals surface area contributed by atoms with Crippen molar-refractivity contribution in [3.63, 3.8) is 0 Å². The van der Waals surface area contributed by atoms with Crippen LogP contribution >= 0.6 is 11.6 Å². The molecule has 1 heterocycles. The first-order valence-corrected chi connectivity index (χ1v) is 10.8. The molecule has 3 aromatic rings. The number of aromatic nitrogens is 3. The topological polar surface area (TPSA) is 46.0 Å². The number of rotatable bonds is 11. The average Bonchev–Trinajstić information content (AvgIpc) is 3.16. The van der Waals surface area contributed by atoms with E-state index in [9.17, 15) is 4.39 Å². The quantitative estimate of drug-likeness (QED) is 0.452. The van der Waals surface area contributed by atoms with Gasteiger partial charge in [-0.25, -0.2) is 4.39 Å². The molecule has 0 atom stereocenters. The van der Waals surface area contributed by atoms with Crippen molar-refractivity contribution >= 4 is 11.6 Å². The summed E-state index contributed by atoms with van der Waals surface area (Å²) in [6.45, 7) is 9.57. The largest absolute Gasteiger partial charge is 0.311 e. The zero-order valence-corrected chi connectivity index (χ0v) is 18.4. The van der Waals surface area contributed by atoms with Crippen molar-refractivity contribution in [2.45, 2.75) is 33.4 Å². The van der Waals surface area contributed by atoms with E-state index >= 15 is 0 Å². The highest BCUT2D eigenvalue weighted by atomic mass is 35.5. The molecule has 0 aliphatic heterocycles. The number of halogens is 2. The van der Waals surface area contributed by atoms with Crippen LogP contribution < -0.4 is 5.32 Å². The van der Waals surface area contributed by atoms with Crippen LogP contribution in [0.25, 0.3) is 11.3 Å². The van der Waals surface area contributed by atoms with E-state index in [1.54, 1.807) is 10.9 Å². The van der Waals surface area contributed by atoms with E-state index in [-0.39, 0.29) is 5.82 Å². The Morgan fingerprint density at radius 2 is 1.83 bits per heavy atom. The van der Waals surface area contributed by atoms with Crippen molar-refractivity contribution in [1.82, 2.24) is 25.2 Å². The van der Waals surface area contributed by atoms with Crippen LogP contribution in [0.4, 0.5) is 4.39 Å². The number of nitrogens with zero attached hydrogens (tertiary/aromatic N) is 4. The molecule has 0 amide bonds. The van der Waals surface area contributed by atoms with E-state index < -0.39 is 0 Å². The molecule has 0 saturated heterocycles. The second kappa shape index (κ2) is 11.2. The standard InChI is InChI=1S/C23H29ClFN5/c1-3-29(4-2)14-8-13-26-16-22-23(18-9-6-5-7-10-18)28-30(27-22)17-19-11-12-20(25)15-21(19)24/h5-7,9-12,15,26H,3-4,8,13-14,16-17H2,1-2H3. The minimum Gasteiger partial charge on any atom is -0.311 e. The van der Waals surface area contributed by atoms with E-state index in [1.165, 1.54) is 12.1 Å². The Hall–Kier alpha value is -2.28. The Balaban J connectivity index is 1.71. The van der Waals surface area contributed by atoms with Crippen LogP contribution in [0.3, 0.4) is 0 Å². The smallest absolute Gasteiger partial charge is 0.124 e. The first-order valence-electron chi connectivity index (χ1n) is 10.5. The van der Waals surface area contributed by atoms with E-state index in [0.717, 1.165) is 55.1 Å². The fraction of sp³-hybridized carbons (Fsp3) is 0.391. The predicted molar refractivity (Wildman–Crippen MR) is 120 cm³/mol. The zero-order valence-electron chi connectivity index (χ0n) is 17.6. The summed E-state index contributed by atoms with van der Waals surface area (Å²) in [6, 6.07) is 14.4. The van der Waals surface area contributed by atoms with Gasteiger partial charge in [0.05, 0.1) is 6.54 Å². The summed E-state index contributed by atoms with van der Waals surface area (Å²) in [5, 5.41) is 13.3. The molecule has 3 rings (SSSR count). The lowest BCUT2D eigenvalue weighted by atomic mass is 10.1. The summed E-state index contributed by atoms with van der Waals surface area (Å²) in [4.78, 5) is 4.05. The summed E-state index contributed by atoms with van der Waals surface area (Å²) < 4.78 is 13.3. The van der Waals surface area contributed by atoms with Crippen LogP contribution in [0, 0.1) is 5.82 Å². The summed E-state index contributed by atoms with van der Waals surface area (Å²) in [5.41, 5.74) is 3.55. The molecule has 30 heavy (non-hydrogen) atoms. The van der Waals surface area contributed by atoms with Crippen molar-refractivity contribution in [2.75, 3.05) is 26.2 Å². The third kappa shape index (κ3) is 6.11. The predicted octanol–water partition coefficient (Wildman–Crippen LogP) is 4.61. The SMILES string of the molecule is CCN(CC)CCCNCc1nn(Cc2ccc(F)cc2Cl)nc1-c1ccccc1. The van der Waals surface area contributed by atoms with E-state index in [0.29, 0.717) is 18.1 Å². The highest BCUT2D eigenvalue weighted by molar-refractivity contribution is 6.31. The van der Waals surface area contributed by atoms with Gasteiger partial charge in [0, 0.05) is 17.1 Å². The molecule has 1 aromatic heterocycles. The molecular weight excluding hydrogens is 401 g/mol. The maximum atomic E-state index is 13.3. The van der Waals surface area contributed by atoms with Gasteiger partial charge in [0.1, 0.15) is 17.2 Å². The first kappa shape index (κ1) is 22.4. The van der Waals surface area contributed by atoms with E-state index in [2.05, 4.69) is 24.1 Å². The van der Waals surface area contributed by atoms with Gasteiger partial charge in [-0.3, -0.25) is 0 Å². The van der Waals surface area contributed by atoms with Crippen molar-refractivity contribution in [3.8, 4) is 11.3 Å². The molecular formula is C23H29ClFN5. The highest BCUT2D eigenvalue weighted by Crippen LogP contribution is 2.22. The Morgan fingerprint density at radius 3 is 2.53 bits per heavy atom. The summed E-state index contributed by atoms with van der Waals surface area (Å²) in [7, 11) is 0. The number of hydrogen-bond acceptors (Lipinski definition) is 4. The molecule has 0 bridgehead atoms. The fourth-order valence-electron chi connectivity index (χ4n) is 3.37. The van der Waals surface area contributed by atoms with Crippen molar-refractivity contribution in [3.05, 3.63) is 70.6 Å². The van der Waals surface area contributed by atoms with Gasteiger partial charge >= 0.3 is 0 Å². The van der Waals surface area contributed by atoms with Crippen LogP contribution in [0.5, 0.6) is 0 Å². The van der Waals surface area contributed by atoms with Gasteiger partial charge in [-0.05, 0) is 50.3 Å². The molecule has 0 aliphatic rings. The Bertz CT molecular complexity index is 925. The first-order chi connectivity index (χ1) is 14.6. The van der Waals surface area contributed by atoms with Gasteiger partial charge in [0.2, 0.25) is 0 Å². The van der Waals surface area contributed by atoms with Crippen molar-refractivity contribution in [1.29, 1.82) is 0 Å². The van der Waals surface area contributed by atoms with Crippen LogP contribution in [-0.4, -0.2) is 46.1 Å².